The fourth-order valence-corrected chi connectivity index (χ4v) is 4.56. The molecule has 7 heteroatoms. The zero-order valence-electron chi connectivity index (χ0n) is 17.7. The number of ether oxygens (including phenoxy) is 3. The minimum Gasteiger partial charge on any atom is -0.493 e. The summed E-state index contributed by atoms with van der Waals surface area (Å²) in [4.78, 5) is 28.3. The molecular formula is C23H26N2O5. The third-order valence-electron chi connectivity index (χ3n) is 6.13. The Morgan fingerprint density at radius 2 is 1.67 bits per heavy atom. The Labute approximate surface area is 175 Å². The van der Waals surface area contributed by atoms with E-state index in [1.807, 2.05) is 19.1 Å². The van der Waals surface area contributed by atoms with E-state index in [1.165, 1.54) is 0 Å². The lowest BCUT2D eigenvalue weighted by Gasteiger charge is -2.27. The number of amides is 1. The highest BCUT2D eigenvalue weighted by molar-refractivity contribution is 6.12. The Kier molecular flexibility index (Phi) is 5.15. The fourth-order valence-electron chi connectivity index (χ4n) is 4.56. The maximum Gasteiger partial charge on any atom is 0.252 e. The van der Waals surface area contributed by atoms with E-state index in [2.05, 4.69) is 10.2 Å². The van der Waals surface area contributed by atoms with Gasteiger partial charge >= 0.3 is 0 Å². The Morgan fingerprint density at radius 3 is 2.27 bits per heavy atom. The van der Waals surface area contributed by atoms with Crippen molar-refractivity contribution in [1.29, 1.82) is 0 Å². The maximum absolute atomic E-state index is 13.4. The molecule has 1 saturated heterocycles. The highest BCUT2D eigenvalue weighted by Gasteiger charge is 2.51. The summed E-state index contributed by atoms with van der Waals surface area (Å²) in [5, 5.41) is 3.08. The van der Waals surface area contributed by atoms with Gasteiger partial charge in [-0.2, -0.15) is 0 Å². The van der Waals surface area contributed by atoms with E-state index in [4.69, 9.17) is 14.2 Å². The van der Waals surface area contributed by atoms with Crippen molar-refractivity contribution in [2.24, 2.45) is 5.41 Å². The van der Waals surface area contributed by atoms with Crippen molar-refractivity contribution in [1.82, 2.24) is 10.2 Å². The molecule has 2 aromatic carbocycles. The Morgan fingerprint density at radius 1 is 1.03 bits per heavy atom. The third kappa shape index (κ3) is 3.19. The molecule has 2 aliphatic rings. The lowest BCUT2D eigenvalue weighted by Crippen LogP contribution is -2.47. The van der Waals surface area contributed by atoms with Gasteiger partial charge in [-0.1, -0.05) is 18.2 Å². The van der Waals surface area contributed by atoms with Crippen molar-refractivity contribution >= 4 is 11.7 Å². The molecule has 0 bridgehead atoms. The summed E-state index contributed by atoms with van der Waals surface area (Å²) in [6, 6.07) is 10.6. The molecule has 1 fully saturated rings. The molecule has 2 aliphatic heterocycles. The molecule has 4 rings (SSSR count). The van der Waals surface area contributed by atoms with Crippen LogP contribution in [0.25, 0.3) is 0 Å². The minimum absolute atomic E-state index is 0.00819. The minimum atomic E-state index is -0.692. The monoisotopic (exact) mass is 410 g/mol. The van der Waals surface area contributed by atoms with Crippen LogP contribution in [0.15, 0.2) is 36.4 Å². The summed E-state index contributed by atoms with van der Waals surface area (Å²) in [5.74, 6) is 1.53. The molecule has 2 heterocycles. The third-order valence-corrected chi connectivity index (χ3v) is 6.13. The quantitative estimate of drug-likeness (QED) is 0.816. The summed E-state index contributed by atoms with van der Waals surface area (Å²) in [7, 11) is 4.74. The van der Waals surface area contributed by atoms with Gasteiger partial charge in [0.15, 0.2) is 17.3 Å². The summed E-state index contributed by atoms with van der Waals surface area (Å²) in [6.07, 6.45) is 0. The standard InChI is InChI=1S/C23H26N2O5/c1-23-13-25(11-14-9-17(28-2)20(30-4)18(10-14)29-3)12-19(23)24-22(27)16-8-6-5-7-15(16)21(23)26/h5-10,19H,11-13H2,1-4H3,(H,24,27)/t19-,23+/m1/s1. The van der Waals surface area contributed by atoms with Crippen molar-refractivity contribution in [3.8, 4) is 17.2 Å². The van der Waals surface area contributed by atoms with E-state index in [0.717, 1.165) is 5.56 Å². The highest BCUT2D eigenvalue weighted by atomic mass is 16.5. The van der Waals surface area contributed by atoms with Crippen LogP contribution in [0, 0.1) is 5.41 Å². The first-order valence-electron chi connectivity index (χ1n) is 9.87. The van der Waals surface area contributed by atoms with Gasteiger partial charge < -0.3 is 19.5 Å². The molecule has 2 atom stereocenters. The lowest BCUT2D eigenvalue weighted by molar-refractivity contribution is 0.0789. The largest absolute Gasteiger partial charge is 0.493 e. The lowest BCUT2D eigenvalue weighted by atomic mass is 9.78. The van der Waals surface area contributed by atoms with Crippen molar-refractivity contribution in [3.63, 3.8) is 0 Å². The second kappa shape index (κ2) is 7.65. The van der Waals surface area contributed by atoms with Crippen molar-refractivity contribution in [2.75, 3.05) is 34.4 Å². The molecule has 1 N–H and O–H groups in total. The number of rotatable bonds is 5. The predicted octanol–water partition coefficient (Wildman–Crippen LogP) is 2.53. The molecular weight excluding hydrogens is 384 g/mol. The Bertz CT molecular complexity index is 980. The number of likely N-dealkylation sites (tertiary alicyclic amines) is 1. The smallest absolute Gasteiger partial charge is 0.252 e. The number of ketones is 1. The van der Waals surface area contributed by atoms with Crippen LogP contribution in [0.3, 0.4) is 0 Å². The second-order valence-corrected chi connectivity index (χ2v) is 8.02. The maximum atomic E-state index is 13.4. The number of nitrogens with one attached hydrogen (secondary N) is 1. The fraction of sp³-hybridized carbons (Fsp3) is 0.391. The van der Waals surface area contributed by atoms with Crippen LogP contribution < -0.4 is 19.5 Å². The number of methoxy groups -OCH3 is 3. The van der Waals surface area contributed by atoms with Crippen molar-refractivity contribution in [2.45, 2.75) is 19.5 Å². The molecule has 0 saturated carbocycles. The number of Topliss-reactive ketones (excluding diaryl/α,β-unsaturated/α-hetero) is 1. The van der Waals surface area contributed by atoms with Gasteiger partial charge in [0.2, 0.25) is 5.75 Å². The van der Waals surface area contributed by atoms with E-state index in [-0.39, 0.29) is 17.7 Å². The van der Waals surface area contributed by atoms with Gasteiger partial charge in [-0.3, -0.25) is 14.5 Å². The van der Waals surface area contributed by atoms with Crippen molar-refractivity contribution < 1.29 is 23.8 Å². The number of hydrogen-bond acceptors (Lipinski definition) is 6. The van der Waals surface area contributed by atoms with Gasteiger partial charge in [-0.15, -0.1) is 0 Å². The van der Waals surface area contributed by atoms with Crippen LogP contribution in [-0.4, -0.2) is 57.1 Å². The summed E-state index contributed by atoms with van der Waals surface area (Å²) >= 11 is 0. The van der Waals surface area contributed by atoms with Gasteiger partial charge in [0, 0.05) is 25.2 Å². The van der Waals surface area contributed by atoms with Crippen LogP contribution in [0.2, 0.25) is 0 Å². The zero-order valence-corrected chi connectivity index (χ0v) is 17.7. The Hall–Kier alpha value is -3.06. The van der Waals surface area contributed by atoms with Gasteiger partial charge in [-0.05, 0) is 30.7 Å². The normalized spacial score (nSPS) is 23.3. The van der Waals surface area contributed by atoms with E-state index in [9.17, 15) is 9.59 Å². The summed E-state index contributed by atoms with van der Waals surface area (Å²) in [5.41, 5.74) is 1.23. The molecule has 0 radical (unpaired) electrons. The first-order chi connectivity index (χ1) is 14.4. The van der Waals surface area contributed by atoms with Crippen LogP contribution in [-0.2, 0) is 6.54 Å². The van der Waals surface area contributed by atoms with Gasteiger partial charge in [0.1, 0.15) is 0 Å². The van der Waals surface area contributed by atoms with Crippen molar-refractivity contribution in [3.05, 3.63) is 53.1 Å². The van der Waals surface area contributed by atoms with Crippen LogP contribution >= 0.6 is 0 Å². The number of carbonyl (C=O) groups excluding carboxylic acids is 2. The predicted molar refractivity (Wildman–Crippen MR) is 112 cm³/mol. The number of nitrogens with zero attached hydrogens (tertiary/aromatic N) is 1. The molecule has 1 amide bonds. The van der Waals surface area contributed by atoms with Gasteiger partial charge in [-0.25, -0.2) is 0 Å². The number of fused-ring (bicyclic) bond motifs is 2. The molecule has 30 heavy (non-hydrogen) atoms. The highest BCUT2D eigenvalue weighted by Crippen LogP contribution is 2.41. The SMILES string of the molecule is COc1cc(CN2C[C@H]3NC(=O)c4ccccc4C(=O)[C@@]3(C)C2)cc(OC)c1OC. The molecule has 0 aliphatic carbocycles. The molecule has 0 unspecified atom stereocenters. The average Bonchev–Trinajstić information content (AvgIpc) is 3.04. The first kappa shape index (κ1) is 20.2. The first-order valence-corrected chi connectivity index (χ1v) is 9.87. The van der Waals surface area contributed by atoms with E-state index in [1.54, 1.807) is 45.6 Å². The number of hydrogen-bond donors (Lipinski definition) is 1. The molecule has 0 spiro atoms. The second-order valence-electron chi connectivity index (χ2n) is 8.02. The van der Waals surface area contributed by atoms with Crippen LogP contribution in [0.1, 0.15) is 33.2 Å². The van der Waals surface area contributed by atoms with Gasteiger partial charge in [0.05, 0.1) is 38.3 Å². The number of benzene rings is 2. The molecule has 158 valence electrons. The van der Waals surface area contributed by atoms with E-state index >= 15 is 0 Å². The molecule has 7 nitrogen and oxygen atoms in total. The van der Waals surface area contributed by atoms with E-state index < -0.39 is 5.41 Å². The Balaban J connectivity index is 1.62. The van der Waals surface area contributed by atoms with E-state index in [0.29, 0.717) is 48.0 Å². The summed E-state index contributed by atoms with van der Waals surface area (Å²) < 4.78 is 16.3. The topological polar surface area (TPSA) is 77.1 Å². The number of carbonyl (C=O) groups is 2. The average molecular weight is 410 g/mol. The molecule has 2 aromatic rings. The summed E-state index contributed by atoms with van der Waals surface area (Å²) in [6.45, 7) is 3.66. The van der Waals surface area contributed by atoms with Gasteiger partial charge in [0.25, 0.3) is 5.91 Å². The van der Waals surface area contributed by atoms with Crippen LogP contribution in [0.5, 0.6) is 17.2 Å². The molecule has 0 aromatic heterocycles. The van der Waals surface area contributed by atoms with Crippen LogP contribution in [0.4, 0.5) is 0 Å². The zero-order chi connectivity index (χ0) is 21.5.